The zero-order chi connectivity index (χ0) is 15.8. The van der Waals surface area contributed by atoms with Gasteiger partial charge in [0.05, 0.1) is 17.1 Å². The summed E-state index contributed by atoms with van der Waals surface area (Å²) in [7, 11) is 0. The van der Waals surface area contributed by atoms with Crippen LogP contribution in [-0.2, 0) is 4.74 Å². The zero-order valence-electron chi connectivity index (χ0n) is 11.9. The summed E-state index contributed by atoms with van der Waals surface area (Å²) in [6, 6.07) is 8.01. The zero-order valence-corrected chi connectivity index (χ0v) is 11.9. The van der Waals surface area contributed by atoms with Crippen LogP contribution in [0, 0.1) is 11.3 Å². The summed E-state index contributed by atoms with van der Waals surface area (Å²) in [5.41, 5.74) is -0.351. The van der Waals surface area contributed by atoms with Gasteiger partial charge in [-0.3, -0.25) is 0 Å². The molecule has 0 bridgehead atoms. The van der Waals surface area contributed by atoms with Gasteiger partial charge in [0.1, 0.15) is 11.3 Å². The molecule has 108 valence electrons. The Bertz CT molecular complexity index is 775. The number of aromatic nitrogens is 1. The van der Waals surface area contributed by atoms with E-state index in [-0.39, 0.29) is 5.69 Å². The van der Waals surface area contributed by atoms with Gasteiger partial charge in [-0.05, 0) is 39.0 Å². The number of rotatable bonds is 1. The smallest absolute Gasteiger partial charge is 0.419 e. The van der Waals surface area contributed by atoms with E-state index < -0.39 is 17.7 Å². The Labute approximate surface area is 121 Å². The first-order valence-corrected chi connectivity index (χ1v) is 6.26. The van der Waals surface area contributed by atoms with E-state index >= 15 is 0 Å². The molecular formula is C15H14N2O4. The Morgan fingerprint density at radius 3 is 2.52 bits per heavy atom. The summed E-state index contributed by atoms with van der Waals surface area (Å²) >= 11 is 0. The molecule has 1 aromatic heterocycles. The fourth-order valence-corrected chi connectivity index (χ4v) is 1.99. The van der Waals surface area contributed by atoms with Crippen molar-refractivity contribution in [1.82, 2.24) is 4.57 Å². The highest BCUT2D eigenvalue weighted by atomic mass is 16.6. The van der Waals surface area contributed by atoms with E-state index in [2.05, 4.69) is 0 Å². The average Bonchev–Trinajstić information content (AvgIpc) is 2.75. The van der Waals surface area contributed by atoms with E-state index in [0.29, 0.717) is 16.5 Å². The second kappa shape index (κ2) is 4.94. The maximum Gasteiger partial charge on any atom is 0.419 e. The first kappa shape index (κ1) is 14.6. The summed E-state index contributed by atoms with van der Waals surface area (Å²) in [4.78, 5) is 23.6. The molecule has 0 spiro atoms. The minimum Gasteiger partial charge on any atom is -0.477 e. The highest BCUT2D eigenvalue weighted by Crippen LogP contribution is 2.24. The third-order valence-electron chi connectivity index (χ3n) is 2.76. The normalized spacial score (nSPS) is 11.1. The minimum atomic E-state index is -1.26. The number of aromatic carboxylic acids is 1. The highest BCUT2D eigenvalue weighted by molar-refractivity contribution is 6.02. The largest absolute Gasteiger partial charge is 0.477 e. The molecule has 0 saturated heterocycles. The number of hydrogen-bond donors (Lipinski definition) is 1. The van der Waals surface area contributed by atoms with E-state index in [1.54, 1.807) is 39.0 Å². The van der Waals surface area contributed by atoms with Gasteiger partial charge in [-0.25, -0.2) is 14.2 Å². The Balaban J connectivity index is 2.72. The number of carbonyl (C=O) groups excluding carboxylic acids is 1. The van der Waals surface area contributed by atoms with Crippen LogP contribution in [0.3, 0.4) is 0 Å². The van der Waals surface area contributed by atoms with E-state index in [4.69, 9.17) is 10.00 Å². The molecule has 2 rings (SSSR count). The number of ether oxygens (including phenoxy) is 1. The molecule has 0 saturated carbocycles. The molecule has 0 aliphatic heterocycles. The molecule has 1 heterocycles. The van der Waals surface area contributed by atoms with Gasteiger partial charge in [-0.1, -0.05) is 6.07 Å². The number of nitriles is 1. The van der Waals surface area contributed by atoms with Crippen LogP contribution in [0.5, 0.6) is 0 Å². The molecule has 0 radical (unpaired) electrons. The Morgan fingerprint density at radius 1 is 1.33 bits per heavy atom. The van der Waals surface area contributed by atoms with Crippen LogP contribution >= 0.6 is 0 Å². The van der Waals surface area contributed by atoms with Gasteiger partial charge in [-0.2, -0.15) is 5.26 Å². The molecule has 0 aliphatic rings. The second-order valence-electron chi connectivity index (χ2n) is 5.50. The highest BCUT2D eigenvalue weighted by Gasteiger charge is 2.25. The maximum absolute atomic E-state index is 12.3. The van der Waals surface area contributed by atoms with Crippen molar-refractivity contribution in [2.24, 2.45) is 0 Å². The molecule has 6 nitrogen and oxygen atoms in total. The van der Waals surface area contributed by atoms with Crippen LogP contribution < -0.4 is 0 Å². The SMILES string of the molecule is CC(C)(C)OC(=O)n1c(C(=O)O)cc2c(C#N)cccc21. The minimum absolute atomic E-state index is 0.234. The van der Waals surface area contributed by atoms with Crippen molar-refractivity contribution in [3.05, 3.63) is 35.5 Å². The standard InChI is InChI=1S/C15H14N2O4/c1-15(2,3)21-14(20)17-11-6-4-5-9(8-16)10(11)7-12(17)13(18)19/h4-7H,1-3H3,(H,18,19). The molecule has 0 atom stereocenters. The topological polar surface area (TPSA) is 92.3 Å². The lowest BCUT2D eigenvalue weighted by molar-refractivity contribution is 0.0513. The van der Waals surface area contributed by atoms with Crippen LogP contribution in [-0.4, -0.2) is 27.3 Å². The van der Waals surface area contributed by atoms with Crippen molar-refractivity contribution in [3.8, 4) is 6.07 Å². The van der Waals surface area contributed by atoms with Crippen LogP contribution in [0.1, 0.15) is 36.8 Å². The van der Waals surface area contributed by atoms with Gasteiger partial charge in [0.25, 0.3) is 0 Å². The lowest BCUT2D eigenvalue weighted by atomic mass is 10.1. The number of nitrogens with zero attached hydrogens (tertiary/aromatic N) is 2. The van der Waals surface area contributed by atoms with Gasteiger partial charge >= 0.3 is 12.1 Å². The monoisotopic (exact) mass is 286 g/mol. The van der Waals surface area contributed by atoms with Crippen molar-refractivity contribution in [3.63, 3.8) is 0 Å². The van der Waals surface area contributed by atoms with Crippen molar-refractivity contribution < 1.29 is 19.4 Å². The summed E-state index contributed by atoms with van der Waals surface area (Å²) in [5, 5.41) is 18.7. The van der Waals surface area contributed by atoms with Crippen molar-refractivity contribution in [2.75, 3.05) is 0 Å². The first-order valence-electron chi connectivity index (χ1n) is 6.26. The molecule has 2 aromatic rings. The van der Waals surface area contributed by atoms with E-state index in [9.17, 15) is 14.7 Å². The van der Waals surface area contributed by atoms with Gasteiger partial charge in [0, 0.05) is 5.39 Å². The van der Waals surface area contributed by atoms with Crippen molar-refractivity contribution in [1.29, 1.82) is 5.26 Å². The van der Waals surface area contributed by atoms with E-state index in [0.717, 1.165) is 4.57 Å². The third-order valence-corrected chi connectivity index (χ3v) is 2.76. The van der Waals surface area contributed by atoms with Crippen molar-refractivity contribution in [2.45, 2.75) is 26.4 Å². The Hall–Kier alpha value is -2.81. The number of carboxylic acid groups (broad SMARTS) is 1. The Kier molecular flexibility index (Phi) is 3.44. The molecule has 0 amide bonds. The summed E-state index contributed by atoms with van der Waals surface area (Å²) < 4.78 is 6.21. The second-order valence-corrected chi connectivity index (χ2v) is 5.50. The quantitative estimate of drug-likeness (QED) is 0.869. The van der Waals surface area contributed by atoms with Gasteiger partial charge in [0.15, 0.2) is 0 Å². The maximum atomic E-state index is 12.3. The van der Waals surface area contributed by atoms with Crippen molar-refractivity contribution >= 4 is 23.0 Å². The summed E-state index contributed by atoms with van der Waals surface area (Å²) in [6.07, 6.45) is -0.787. The predicted octanol–water partition coefficient (Wildman–Crippen LogP) is 2.99. The molecule has 1 aromatic carbocycles. The Morgan fingerprint density at radius 2 is 2.00 bits per heavy atom. The number of benzene rings is 1. The van der Waals surface area contributed by atoms with Gasteiger partial charge in [-0.15, -0.1) is 0 Å². The lowest BCUT2D eigenvalue weighted by Crippen LogP contribution is -2.28. The van der Waals surface area contributed by atoms with Gasteiger partial charge in [0.2, 0.25) is 0 Å². The summed E-state index contributed by atoms with van der Waals surface area (Å²) in [5.74, 6) is -1.26. The number of carbonyl (C=O) groups is 2. The van der Waals surface area contributed by atoms with Crippen LogP contribution in [0.25, 0.3) is 10.9 Å². The van der Waals surface area contributed by atoms with Crippen LogP contribution in [0.4, 0.5) is 4.79 Å². The lowest BCUT2D eigenvalue weighted by Gasteiger charge is -2.20. The number of hydrogen-bond acceptors (Lipinski definition) is 4. The predicted molar refractivity (Wildman–Crippen MR) is 75.2 cm³/mol. The molecule has 0 aliphatic carbocycles. The first-order chi connectivity index (χ1) is 9.74. The fraction of sp³-hybridized carbons (Fsp3) is 0.267. The van der Waals surface area contributed by atoms with Crippen LogP contribution in [0.2, 0.25) is 0 Å². The van der Waals surface area contributed by atoms with E-state index in [1.165, 1.54) is 6.07 Å². The summed E-state index contributed by atoms with van der Waals surface area (Å²) in [6.45, 7) is 5.08. The fourth-order valence-electron chi connectivity index (χ4n) is 1.99. The number of fused-ring (bicyclic) bond motifs is 1. The number of carboxylic acids is 1. The van der Waals surface area contributed by atoms with Crippen LogP contribution in [0.15, 0.2) is 24.3 Å². The average molecular weight is 286 g/mol. The molecule has 1 N–H and O–H groups in total. The molecular weight excluding hydrogens is 272 g/mol. The molecule has 0 unspecified atom stereocenters. The van der Waals surface area contributed by atoms with E-state index in [1.807, 2.05) is 6.07 Å². The third kappa shape index (κ3) is 2.72. The van der Waals surface area contributed by atoms with Gasteiger partial charge < -0.3 is 9.84 Å². The molecule has 6 heteroatoms. The molecule has 21 heavy (non-hydrogen) atoms. The molecule has 0 fully saturated rings.